The van der Waals surface area contributed by atoms with Crippen molar-refractivity contribution in [2.24, 2.45) is 0 Å². The summed E-state index contributed by atoms with van der Waals surface area (Å²) in [7, 11) is 1.73. The quantitative estimate of drug-likeness (QED) is 0.357. The summed E-state index contributed by atoms with van der Waals surface area (Å²) < 4.78 is 18.1. The van der Waals surface area contributed by atoms with Crippen LogP contribution in [-0.4, -0.2) is 41.0 Å². The van der Waals surface area contributed by atoms with Gasteiger partial charge in [-0.3, -0.25) is 9.59 Å². The van der Waals surface area contributed by atoms with E-state index in [9.17, 15) is 9.59 Å². The number of benzene rings is 3. The number of hydrogen-bond acceptors (Lipinski definition) is 7. The minimum Gasteiger partial charge on any atom is -0.454 e. The molecule has 0 atom stereocenters. The SMILES string of the molecule is CCN(C)C(=O)c1cccc(Nc2c(Oc3ccc4c(c3)OCO4)cnn(-c3cccc(Cl)c3)c2=O)c1. The van der Waals surface area contributed by atoms with Gasteiger partial charge in [-0.1, -0.05) is 23.7 Å². The van der Waals surface area contributed by atoms with Crippen molar-refractivity contribution in [3.05, 3.63) is 93.9 Å². The smallest absolute Gasteiger partial charge is 0.299 e. The second kappa shape index (κ2) is 10.2. The maximum Gasteiger partial charge on any atom is 0.299 e. The number of hydrogen-bond donors (Lipinski definition) is 1. The Labute approximate surface area is 217 Å². The number of nitrogens with zero attached hydrogens (tertiary/aromatic N) is 3. The van der Waals surface area contributed by atoms with Gasteiger partial charge < -0.3 is 24.4 Å². The Morgan fingerprint density at radius 2 is 1.92 bits per heavy atom. The Balaban J connectivity index is 1.56. The van der Waals surface area contributed by atoms with Crippen LogP contribution in [0.4, 0.5) is 11.4 Å². The van der Waals surface area contributed by atoms with E-state index in [1.807, 2.05) is 6.92 Å². The second-order valence-electron chi connectivity index (χ2n) is 8.22. The third-order valence-corrected chi connectivity index (χ3v) is 6.00. The third kappa shape index (κ3) is 5.07. The van der Waals surface area contributed by atoms with E-state index in [0.29, 0.717) is 45.8 Å². The molecule has 9 nitrogen and oxygen atoms in total. The molecule has 0 aliphatic carbocycles. The van der Waals surface area contributed by atoms with Gasteiger partial charge in [0, 0.05) is 35.9 Å². The van der Waals surface area contributed by atoms with E-state index in [1.54, 1.807) is 78.7 Å². The van der Waals surface area contributed by atoms with Crippen LogP contribution in [0.1, 0.15) is 17.3 Å². The number of ether oxygens (including phenoxy) is 3. The highest BCUT2D eigenvalue weighted by atomic mass is 35.5. The van der Waals surface area contributed by atoms with Gasteiger partial charge in [-0.2, -0.15) is 9.78 Å². The first-order valence-electron chi connectivity index (χ1n) is 11.5. The zero-order valence-electron chi connectivity index (χ0n) is 20.1. The minimum absolute atomic E-state index is 0.126. The average Bonchev–Trinajstić information content (AvgIpc) is 3.38. The number of fused-ring (bicyclic) bond motifs is 1. The lowest BCUT2D eigenvalue weighted by Crippen LogP contribution is -2.26. The van der Waals surface area contributed by atoms with Crippen molar-refractivity contribution >= 4 is 28.9 Å². The predicted molar refractivity (Wildman–Crippen MR) is 140 cm³/mol. The maximum atomic E-state index is 13.7. The van der Waals surface area contributed by atoms with E-state index in [2.05, 4.69) is 10.4 Å². The first kappa shape index (κ1) is 24.2. The van der Waals surface area contributed by atoms with Gasteiger partial charge in [0.05, 0.1) is 11.9 Å². The molecule has 0 radical (unpaired) electrons. The number of aromatic nitrogens is 2. The van der Waals surface area contributed by atoms with Gasteiger partial charge >= 0.3 is 0 Å². The van der Waals surface area contributed by atoms with E-state index in [4.69, 9.17) is 25.8 Å². The summed E-state index contributed by atoms with van der Waals surface area (Å²) in [6, 6.07) is 18.8. The lowest BCUT2D eigenvalue weighted by molar-refractivity contribution is 0.0802. The summed E-state index contributed by atoms with van der Waals surface area (Å²) in [5.74, 6) is 1.64. The maximum absolute atomic E-state index is 13.7. The van der Waals surface area contributed by atoms with Gasteiger partial charge in [0.15, 0.2) is 22.9 Å². The minimum atomic E-state index is -0.470. The highest BCUT2D eigenvalue weighted by Crippen LogP contribution is 2.37. The van der Waals surface area contributed by atoms with Crippen molar-refractivity contribution in [1.82, 2.24) is 14.7 Å². The van der Waals surface area contributed by atoms with Crippen LogP contribution in [-0.2, 0) is 0 Å². The molecular formula is C27H23ClN4O5. The fourth-order valence-corrected chi connectivity index (χ4v) is 3.91. The van der Waals surface area contributed by atoms with Crippen LogP contribution in [0, 0.1) is 0 Å². The largest absolute Gasteiger partial charge is 0.454 e. The van der Waals surface area contributed by atoms with Crippen molar-refractivity contribution < 1.29 is 19.0 Å². The Morgan fingerprint density at radius 1 is 1.11 bits per heavy atom. The first-order valence-corrected chi connectivity index (χ1v) is 11.9. The molecule has 0 unspecified atom stereocenters. The van der Waals surface area contributed by atoms with E-state index in [1.165, 1.54) is 10.9 Å². The third-order valence-electron chi connectivity index (χ3n) is 5.77. The fraction of sp³-hybridized carbons (Fsp3) is 0.148. The van der Waals surface area contributed by atoms with Gasteiger partial charge in [-0.15, -0.1) is 0 Å². The summed E-state index contributed by atoms with van der Waals surface area (Å²) in [4.78, 5) is 27.9. The van der Waals surface area contributed by atoms with Crippen molar-refractivity contribution in [2.45, 2.75) is 6.92 Å². The van der Waals surface area contributed by atoms with E-state index >= 15 is 0 Å². The van der Waals surface area contributed by atoms with Crippen LogP contribution in [0.15, 0.2) is 77.7 Å². The highest BCUT2D eigenvalue weighted by Gasteiger charge is 2.19. The van der Waals surface area contributed by atoms with Crippen LogP contribution in [0.2, 0.25) is 5.02 Å². The Morgan fingerprint density at radius 3 is 2.73 bits per heavy atom. The zero-order valence-corrected chi connectivity index (χ0v) is 20.9. The topological polar surface area (TPSA) is 94.9 Å². The second-order valence-corrected chi connectivity index (χ2v) is 8.66. The zero-order chi connectivity index (χ0) is 25.9. The molecule has 1 amide bonds. The lowest BCUT2D eigenvalue weighted by Gasteiger charge is -2.17. The van der Waals surface area contributed by atoms with Gasteiger partial charge in [-0.05, 0) is 55.5 Å². The lowest BCUT2D eigenvalue weighted by atomic mass is 10.1. The standard InChI is InChI=1S/C27H23ClN4O5/c1-3-31(2)26(33)17-6-4-8-19(12-17)30-25-24(37-21-10-11-22-23(14-21)36-16-35-22)15-29-32(27(25)34)20-9-5-7-18(28)13-20/h4-15,30H,3,16H2,1-2H3. The molecule has 4 aromatic rings. The number of halogens is 1. The summed E-state index contributed by atoms with van der Waals surface area (Å²) in [5, 5.41) is 7.90. The van der Waals surface area contributed by atoms with Crippen molar-refractivity contribution in [3.8, 4) is 28.7 Å². The molecule has 37 heavy (non-hydrogen) atoms. The van der Waals surface area contributed by atoms with Crippen LogP contribution >= 0.6 is 11.6 Å². The molecule has 0 bridgehead atoms. The molecule has 1 aliphatic heterocycles. The molecule has 1 N–H and O–H groups in total. The Kier molecular flexibility index (Phi) is 6.70. The normalized spacial score (nSPS) is 11.8. The molecule has 2 heterocycles. The van der Waals surface area contributed by atoms with Crippen LogP contribution in [0.5, 0.6) is 23.0 Å². The summed E-state index contributed by atoms with van der Waals surface area (Å²) in [5.41, 5.74) is 1.16. The molecule has 0 saturated heterocycles. The van der Waals surface area contributed by atoms with Crippen molar-refractivity contribution in [3.63, 3.8) is 0 Å². The number of nitrogens with one attached hydrogen (secondary N) is 1. The molecule has 1 aromatic heterocycles. The Bertz CT molecular complexity index is 1540. The predicted octanol–water partition coefficient (Wildman–Crippen LogP) is 5.24. The van der Waals surface area contributed by atoms with E-state index < -0.39 is 5.56 Å². The molecule has 0 fully saturated rings. The van der Waals surface area contributed by atoms with Gasteiger partial charge in [0.1, 0.15) is 5.75 Å². The molecule has 0 spiro atoms. The van der Waals surface area contributed by atoms with Crippen molar-refractivity contribution in [1.29, 1.82) is 0 Å². The first-order chi connectivity index (χ1) is 17.9. The molecule has 1 aliphatic rings. The summed E-state index contributed by atoms with van der Waals surface area (Å²) >= 11 is 6.14. The number of rotatable bonds is 7. The highest BCUT2D eigenvalue weighted by molar-refractivity contribution is 6.30. The van der Waals surface area contributed by atoms with Crippen LogP contribution in [0.25, 0.3) is 5.69 Å². The molecule has 0 saturated carbocycles. The van der Waals surface area contributed by atoms with Gasteiger partial charge in [-0.25, -0.2) is 0 Å². The summed E-state index contributed by atoms with van der Waals surface area (Å²) in [6.07, 6.45) is 1.44. The van der Waals surface area contributed by atoms with Gasteiger partial charge in [0.25, 0.3) is 11.5 Å². The fourth-order valence-electron chi connectivity index (χ4n) is 3.73. The molecule has 188 valence electrons. The van der Waals surface area contributed by atoms with Crippen molar-refractivity contribution in [2.75, 3.05) is 25.7 Å². The van der Waals surface area contributed by atoms with Crippen LogP contribution < -0.4 is 25.1 Å². The number of carbonyl (C=O) groups is 1. The monoisotopic (exact) mass is 518 g/mol. The summed E-state index contributed by atoms with van der Waals surface area (Å²) in [6.45, 7) is 2.60. The number of carbonyl (C=O) groups excluding carboxylic acids is 1. The average molecular weight is 519 g/mol. The van der Waals surface area contributed by atoms with E-state index in [-0.39, 0.29) is 24.1 Å². The number of amides is 1. The van der Waals surface area contributed by atoms with Gasteiger partial charge in [0.2, 0.25) is 6.79 Å². The Hall–Kier alpha value is -4.50. The molecule has 5 rings (SSSR count). The molecule has 3 aromatic carbocycles. The van der Waals surface area contributed by atoms with E-state index in [0.717, 1.165) is 0 Å². The molecule has 10 heteroatoms. The molecular weight excluding hydrogens is 496 g/mol. The van der Waals surface area contributed by atoms with Crippen LogP contribution in [0.3, 0.4) is 0 Å². The number of anilines is 2.